The molecule has 1 aromatic rings. The maximum Gasteiger partial charge on any atom is 0.0601 e. The van der Waals surface area contributed by atoms with Crippen molar-refractivity contribution >= 4 is 23.1 Å². The monoisotopic (exact) mass is 185 g/mol. The summed E-state index contributed by atoms with van der Waals surface area (Å²) in [7, 11) is 0. The largest absolute Gasteiger partial charge is 0.327 e. The fourth-order valence-electron chi connectivity index (χ4n) is 0.640. The number of thiophene rings is 1. The first-order valence-electron chi connectivity index (χ1n) is 3.45. The first-order valence-corrected chi connectivity index (χ1v) is 5.31. The third-order valence-electron chi connectivity index (χ3n) is 1.12. The Morgan fingerprint density at radius 2 is 2.45 bits per heavy atom. The summed E-state index contributed by atoms with van der Waals surface area (Å²) in [6, 6.07) is 4.20. The van der Waals surface area contributed by atoms with Crippen LogP contribution in [0.25, 0.3) is 0 Å². The van der Waals surface area contributed by atoms with Gasteiger partial charge >= 0.3 is 0 Å². The van der Waals surface area contributed by atoms with Crippen LogP contribution in [0, 0.1) is 0 Å². The molecule has 0 unspecified atom stereocenters. The maximum absolute atomic E-state index is 5.29. The zero-order valence-electron chi connectivity index (χ0n) is 6.19. The number of hydrogen-bond acceptors (Lipinski definition) is 3. The van der Waals surface area contributed by atoms with Gasteiger partial charge in [0.15, 0.2) is 0 Å². The van der Waals surface area contributed by atoms with Gasteiger partial charge < -0.3 is 5.73 Å². The van der Waals surface area contributed by atoms with Crippen molar-refractivity contribution in [3.05, 3.63) is 29.7 Å². The highest BCUT2D eigenvalue weighted by molar-refractivity contribution is 8.01. The van der Waals surface area contributed by atoms with Crippen molar-refractivity contribution in [3.63, 3.8) is 0 Å². The van der Waals surface area contributed by atoms with Gasteiger partial charge in [0.05, 0.1) is 4.21 Å². The van der Waals surface area contributed by atoms with Gasteiger partial charge in [-0.05, 0) is 11.4 Å². The molecule has 0 atom stereocenters. The van der Waals surface area contributed by atoms with Gasteiger partial charge in [0.1, 0.15) is 0 Å². The summed E-state index contributed by atoms with van der Waals surface area (Å²) in [6.45, 7) is 0.644. The minimum absolute atomic E-state index is 0.644. The van der Waals surface area contributed by atoms with Crippen LogP contribution < -0.4 is 5.73 Å². The number of hydrogen-bond donors (Lipinski definition) is 1. The van der Waals surface area contributed by atoms with Crippen LogP contribution in [-0.2, 0) is 0 Å². The summed E-state index contributed by atoms with van der Waals surface area (Å²) >= 11 is 3.62. The average molecular weight is 185 g/mol. The molecule has 60 valence electrons. The maximum atomic E-state index is 5.29. The molecule has 1 heterocycles. The van der Waals surface area contributed by atoms with E-state index in [0.717, 1.165) is 5.75 Å². The lowest BCUT2D eigenvalue weighted by atomic mass is 10.5. The van der Waals surface area contributed by atoms with Crippen LogP contribution in [0.1, 0.15) is 0 Å². The molecule has 0 saturated carbocycles. The van der Waals surface area contributed by atoms with Gasteiger partial charge in [0.25, 0.3) is 0 Å². The summed E-state index contributed by atoms with van der Waals surface area (Å²) in [6.07, 6.45) is 4.09. The fourth-order valence-corrected chi connectivity index (χ4v) is 2.30. The molecule has 0 aliphatic carbocycles. The Labute approximate surface area is 75.3 Å². The predicted octanol–water partition coefficient (Wildman–Crippen LogP) is 2.36. The van der Waals surface area contributed by atoms with Crippen molar-refractivity contribution in [2.45, 2.75) is 4.21 Å². The van der Waals surface area contributed by atoms with Crippen LogP contribution in [0.15, 0.2) is 33.9 Å². The van der Waals surface area contributed by atoms with E-state index in [2.05, 4.69) is 23.6 Å². The molecule has 1 nitrogen and oxygen atoms in total. The second-order valence-corrected chi connectivity index (χ2v) is 4.22. The summed E-state index contributed by atoms with van der Waals surface area (Å²) in [5.41, 5.74) is 5.29. The van der Waals surface area contributed by atoms with Crippen molar-refractivity contribution in [1.29, 1.82) is 0 Å². The molecule has 1 aromatic heterocycles. The summed E-state index contributed by atoms with van der Waals surface area (Å²) in [5.74, 6) is 1.03. The van der Waals surface area contributed by atoms with Crippen molar-refractivity contribution in [2.75, 3.05) is 12.3 Å². The van der Waals surface area contributed by atoms with Crippen molar-refractivity contribution in [3.8, 4) is 0 Å². The fraction of sp³-hybridized carbons (Fsp3) is 0.250. The van der Waals surface area contributed by atoms with Crippen LogP contribution in [0.3, 0.4) is 0 Å². The van der Waals surface area contributed by atoms with E-state index in [4.69, 9.17) is 5.73 Å². The molecule has 3 heteroatoms. The van der Waals surface area contributed by atoms with Gasteiger partial charge in [0, 0.05) is 12.3 Å². The van der Waals surface area contributed by atoms with Crippen LogP contribution >= 0.6 is 23.1 Å². The van der Waals surface area contributed by atoms with Crippen LogP contribution in [-0.4, -0.2) is 12.3 Å². The normalized spacial score (nSPS) is 11.0. The smallest absolute Gasteiger partial charge is 0.0601 e. The lowest BCUT2D eigenvalue weighted by Crippen LogP contribution is -1.92. The number of thioether (sulfide) groups is 1. The molecular formula is C8H11NS2. The first-order chi connectivity index (χ1) is 5.43. The molecule has 1 rings (SSSR count). The summed E-state index contributed by atoms with van der Waals surface area (Å²) in [4.78, 5) is 0. The lowest BCUT2D eigenvalue weighted by molar-refractivity contribution is 1.25. The Morgan fingerprint density at radius 1 is 1.55 bits per heavy atom. The minimum Gasteiger partial charge on any atom is -0.327 e. The molecule has 0 radical (unpaired) electrons. The third-order valence-corrected chi connectivity index (χ3v) is 3.20. The Hall–Kier alpha value is -0.250. The second-order valence-electron chi connectivity index (χ2n) is 1.95. The zero-order valence-corrected chi connectivity index (χ0v) is 7.83. The van der Waals surface area contributed by atoms with Gasteiger partial charge in [-0.15, -0.1) is 23.1 Å². The van der Waals surface area contributed by atoms with E-state index in [0.29, 0.717) is 6.54 Å². The molecule has 0 fully saturated rings. The van der Waals surface area contributed by atoms with Gasteiger partial charge in [0.2, 0.25) is 0 Å². The SMILES string of the molecule is NCC=CCSc1cccs1. The van der Waals surface area contributed by atoms with E-state index < -0.39 is 0 Å². The summed E-state index contributed by atoms with van der Waals surface area (Å²) in [5, 5.41) is 2.09. The van der Waals surface area contributed by atoms with Gasteiger partial charge in [-0.2, -0.15) is 0 Å². The molecule has 11 heavy (non-hydrogen) atoms. The van der Waals surface area contributed by atoms with E-state index in [9.17, 15) is 0 Å². The van der Waals surface area contributed by atoms with Crippen molar-refractivity contribution in [1.82, 2.24) is 0 Å². The Bertz CT molecular complexity index is 204. The first kappa shape index (κ1) is 8.84. The second kappa shape index (κ2) is 5.41. The molecule has 0 bridgehead atoms. The topological polar surface area (TPSA) is 26.0 Å². The van der Waals surface area contributed by atoms with Gasteiger partial charge in [-0.3, -0.25) is 0 Å². The van der Waals surface area contributed by atoms with E-state index in [1.165, 1.54) is 4.21 Å². The average Bonchev–Trinajstić information content (AvgIpc) is 2.50. The Morgan fingerprint density at radius 3 is 3.09 bits per heavy atom. The van der Waals surface area contributed by atoms with E-state index in [1.54, 1.807) is 11.3 Å². The number of nitrogens with two attached hydrogens (primary N) is 1. The van der Waals surface area contributed by atoms with Gasteiger partial charge in [-0.25, -0.2) is 0 Å². The molecule has 0 aliphatic heterocycles. The van der Waals surface area contributed by atoms with Crippen LogP contribution in [0.2, 0.25) is 0 Å². The minimum atomic E-state index is 0.644. The zero-order chi connectivity index (χ0) is 7.94. The van der Waals surface area contributed by atoms with Crippen LogP contribution in [0.5, 0.6) is 0 Å². The summed E-state index contributed by atoms with van der Waals surface area (Å²) < 4.78 is 1.37. The van der Waals surface area contributed by atoms with Crippen molar-refractivity contribution in [2.24, 2.45) is 5.73 Å². The highest BCUT2D eigenvalue weighted by Gasteiger charge is 1.89. The molecule has 0 saturated heterocycles. The molecular weight excluding hydrogens is 174 g/mol. The van der Waals surface area contributed by atoms with Crippen molar-refractivity contribution < 1.29 is 0 Å². The molecule has 0 aromatic carbocycles. The highest BCUT2D eigenvalue weighted by atomic mass is 32.2. The number of rotatable bonds is 4. The molecule has 0 aliphatic rings. The Kier molecular flexibility index (Phi) is 4.35. The van der Waals surface area contributed by atoms with Gasteiger partial charge in [-0.1, -0.05) is 18.2 Å². The molecule has 2 N–H and O–H groups in total. The molecule has 0 amide bonds. The standard InChI is InChI=1S/C8H11NS2/c9-5-1-2-6-10-8-4-3-7-11-8/h1-4,7H,5-6,9H2. The predicted molar refractivity (Wildman–Crippen MR) is 53.2 cm³/mol. The van der Waals surface area contributed by atoms with E-state index in [1.807, 2.05) is 17.8 Å². The third kappa shape index (κ3) is 3.60. The van der Waals surface area contributed by atoms with E-state index in [-0.39, 0.29) is 0 Å². The highest BCUT2D eigenvalue weighted by Crippen LogP contribution is 2.22. The van der Waals surface area contributed by atoms with Crippen LogP contribution in [0.4, 0.5) is 0 Å². The molecule has 0 spiro atoms. The lowest BCUT2D eigenvalue weighted by Gasteiger charge is -1.89. The quantitative estimate of drug-likeness (QED) is 0.575. The van der Waals surface area contributed by atoms with E-state index >= 15 is 0 Å². The Balaban J connectivity index is 2.19.